The first kappa shape index (κ1) is 13.5. The summed E-state index contributed by atoms with van der Waals surface area (Å²) in [6.45, 7) is 8.77. The minimum absolute atomic E-state index is 0.969. The van der Waals surface area contributed by atoms with Crippen molar-refractivity contribution in [1.29, 1.82) is 0 Å². The standard InChI is InChI=1S/C12H20BrN3/c1-3-8-16(4-2)9-7-15-12-5-6-14-10-11(12)13/h5-6,10H,3-4,7-9H2,1-2H3,(H,14,15). The van der Waals surface area contributed by atoms with E-state index in [4.69, 9.17) is 0 Å². The molecule has 0 spiro atoms. The van der Waals surface area contributed by atoms with E-state index in [0.29, 0.717) is 0 Å². The summed E-state index contributed by atoms with van der Waals surface area (Å²) < 4.78 is 1.02. The molecule has 3 nitrogen and oxygen atoms in total. The second-order valence-electron chi connectivity index (χ2n) is 3.72. The van der Waals surface area contributed by atoms with Crippen LogP contribution in [0.2, 0.25) is 0 Å². The van der Waals surface area contributed by atoms with Gasteiger partial charge in [0.2, 0.25) is 0 Å². The van der Waals surface area contributed by atoms with Gasteiger partial charge in [-0.2, -0.15) is 0 Å². The third-order valence-corrected chi connectivity index (χ3v) is 3.13. The number of likely N-dealkylation sites (N-methyl/N-ethyl adjacent to an activating group) is 1. The monoisotopic (exact) mass is 285 g/mol. The topological polar surface area (TPSA) is 28.2 Å². The van der Waals surface area contributed by atoms with Gasteiger partial charge < -0.3 is 10.2 Å². The molecule has 4 heteroatoms. The van der Waals surface area contributed by atoms with Crippen molar-refractivity contribution in [3.05, 3.63) is 22.9 Å². The smallest absolute Gasteiger partial charge is 0.0590 e. The third kappa shape index (κ3) is 4.49. The van der Waals surface area contributed by atoms with Crippen molar-refractivity contribution >= 4 is 21.6 Å². The van der Waals surface area contributed by atoms with E-state index in [1.807, 2.05) is 12.3 Å². The molecular weight excluding hydrogens is 266 g/mol. The first-order valence-corrected chi connectivity index (χ1v) is 6.63. The molecule has 0 bridgehead atoms. The molecule has 0 aliphatic heterocycles. The number of anilines is 1. The van der Waals surface area contributed by atoms with E-state index in [1.165, 1.54) is 13.0 Å². The summed E-state index contributed by atoms with van der Waals surface area (Å²) in [6.07, 6.45) is 4.83. The second kappa shape index (κ2) is 7.63. The highest BCUT2D eigenvalue weighted by Gasteiger charge is 2.01. The van der Waals surface area contributed by atoms with E-state index in [0.717, 1.165) is 29.8 Å². The molecule has 0 aliphatic carbocycles. The molecular formula is C12H20BrN3. The van der Waals surface area contributed by atoms with E-state index in [-0.39, 0.29) is 0 Å². The molecule has 0 atom stereocenters. The molecule has 1 aromatic rings. The fraction of sp³-hybridized carbons (Fsp3) is 0.583. The highest BCUT2D eigenvalue weighted by atomic mass is 79.9. The molecule has 0 saturated heterocycles. The van der Waals surface area contributed by atoms with E-state index in [2.05, 4.69) is 45.0 Å². The zero-order valence-electron chi connectivity index (χ0n) is 10.0. The first-order chi connectivity index (χ1) is 7.77. The van der Waals surface area contributed by atoms with Crippen LogP contribution in [0.3, 0.4) is 0 Å². The molecule has 1 rings (SSSR count). The van der Waals surface area contributed by atoms with Crippen LogP contribution in [-0.4, -0.2) is 36.1 Å². The molecule has 16 heavy (non-hydrogen) atoms. The minimum atomic E-state index is 0.969. The van der Waals surface area contributed by atoms with Gasteiger partial charge in [0.25, 0.3) is 0 Å². The van der Waals surface area contributed by atoms with Gasteiger partial charge in [0.1, 0.15) is 0 Å². The predicted octanol–water partition coefficient (Wildman–Crippen LogP) is 2.99. The number of rotatable bonds is 7. The van der Waals surface area contributed by atoms with Gasteiger partial charge in [-0.05, 0) is 41.5 Å². The molecule has 1 heterocycles. The van der Waals surface area contributed by atoms with Gasteiger partial charge in [-0.25, -0.2) is 0 Å². The largest absolute Gasteiger partial charge is 0.383 e. The van der Waals surface area contributed by atoms with E-state index >= 15 is 0 Å². The Hall–Kier alpha value is -0.610. The Labute approximate surface area is 106 Å². The Morgan fingerprint density at radius 3 is 2.81 bits per heavy atom. The molecule has 90 valence electrons. The summed E-state index contributed by atoms with van der Waals surface area (Å²) >= 11 is 3.47. The van der Waals surface area contributed by atoms with Gasteiger partial charge >= 0.3 is 0 Å². The van der Waals surface area contributed by atoms with E-state index < -0.39 is 0 Å². The fourth-order valence-corrected chi connectivity index (χ4v) is 2.00. The van der Waals surface area contributed by atoms with Crippen molar-refractivity contribution in [2.24, 2.45) is 0 Å². The second-order valence-corrected chi connectivity index (χ2v) is 4.57. The normalized spacial score (nSPS) is 10.8. The SMILES string of the molecule is CCCN(CC)CCNc1ccncc1Br. The lowest BCUT2D eigenvalue weighted by molar-refractivity contribution is 0.300. The summed E-state index contributed by atoms with van der Waals surface area (Å²) in [5, 5.41) is 3.41. The van der Waals surface area contributed by atoms with Gasteiger partial charge in [-0.3, -0.25) is 4.98 Å². The molecule has 0 amide bonds. The Bertz CT molecular complexity index is 304. The first-order valence-electron chi connectivity index (χ1n) is 5.83. The molecule has 0 saturated carbocycles. The van der Waals surface area contributed by atoms with Crippen molar-refractivity contribution < 1.29 is 0 Å². The van der Waals surface area contributed by atoms with Crippen molar-refractivity contribution in [2.45, 2.75) is 20.3 Å². The molecule has 0 aromatic carbocycles. The van der Waals surface area contributed by atoms with Crippen molar-refractivity contribution in [3.8, 4) is 0 Å². The number of hydrogen-bond acceptors (Lipinski definition) is 3. The van der Waals surface area contributed by atoms with Crippen LogP contribution in [-0.2, 0) is 0 Å². The van der Waals surface area contributed by atoms with Gasteiger partial charge in [0, 0.05) is 25.5 Å². The average Bonchev–Trinajstić information content (AvgIpc) is 2.30. The molecule has 0 unspecified atom stereocenters. The quantitative estimate of drug-likeness (QED) is 0.835. The number of aromatic nitrogens is 1. The van der Waals surface area contributed by atoms with Gasteiger partial charge in [-0.1, -0.05) is 13.8 Å². The molecule has 0 radical (unpaired) electrons. The molecule has 1 aromatic heterocycles. The summed E-state index contributed by atoms with van der Waals surface area (Å²) in [4.78, 5) is 6.48. The summed E-state index contributed by atoms with van der Waals surface area (Å²) in [5.74, 6) is 0. The zero-order chi connectivity index (χ0) is 11.8. The van der Waals surface area contributed by atoms with Crippen molar-refractivity contribution in [2.75, 3.05) is 31.5 Å². The van der Waals surface area contributed by atoms with E-state index in [9.17, 15) is 0 Å². The van der Waals surface area contributed by atoms with Crippen LogP contribution in [0.5, 0.6) is 0 Å². The maximum atomic E-state index is 4.04. The van der Waals surface area contributed by atoms with Gasteiger partial charge in [-0.15, -0.1) is 0 Å². The number of pyridine rings is 1. The number of halogens is 1. The van der Waals surface area contributed by atoms with Crippen LogP contribution >= 0.6 is 15.9 Å². The number of nitrogens with zero attached hydrogens (tertiary/aromatic N) is 2. The third-order valence-electron chi connectivity index (χ3n) is 2.50. The summed E-state index contributed by atoms with van der Waals surface area (Å²) in [6, 6.07) is 1.99. The van der Waals surface area contributed by atoms with Crippen LogP contribution < -0.4 is 5.32 Å². The lowest BCUT2D eigenvalue weighted by Crippen LogP contribution is -2.29. The molecule has 0 aliphatic rings. The minimum Gasteiger partial charge on any atom is -0.383 e. The highest BCUT2D eigenvalue weighted by Crippen LogP contribution is 2.19. The molecule has 0 fully saturated rings. The van der Waals surface area contributed by atoms with Crippen molar-refractivity contribution in [1.82, 2.24) is 9.88 Å². The Morgan fingerprint density at radius 1 is 1.38 bits per heavy atom. The maximum Gasteiger partial charge on any atom is 0.0590 e. The number of hydrogen-bond donors (Lipinski definition) is 1. The molecule has 1 N–H and O–H groups in total. The Kier molecular flexibility index (Phi) is 6.42. The summed E-state index contributed by atoms with van der Waals surface area (Å²) in [7, 11) is 0. The van der Waals surface area contributed by atoms with Crippen LogP contribution in [0.15, 0.2) is 22.9 Å². The maximum absolute atomic E-state index is 4.04. The highest BCUT2D eigenvalue weighted by molar-refractivity contribution is 9.10. The zero-order valence-corrected chi connectivity index (χ0v) is 11.6. The van der Waals surface area contributed by atoms with Gasteiger partial charge in [0.05, 0.1) is 10.2 Å². The van der Waals surface area contributed by atoms with Crippen LogP contribution in [0.25, 0.3) is 0 Å². The summed E-state index contributed by atoms with van der Waals surface area (Å²) in [5.41, 5.74) is 1.11. The Morgan fingerprint density at radius 2 is 2.19 bits per heavy atom. The van der Waals surface area contributed by atoms with E-state index in [1.54, 1.807) is 6.20 Å². The van der Waals surface area contributed by atoms with Gasteiger partial charge in [0.15, 0.2) is 0 Å². The fourth-order valence-electron chi connectivity index (χ4n) is 1.61. The lowest BCUT2D eigenvalue weighted by Gasteiger charge is -2.20. The lowest BCUT2D eigenvalue weighted by atomic mass is 10.3. The van der Waals surface area contributed by atoms with Crippen LogP contribution in [0.1, 0.15) is 20.3 Å². The van der Waals surface area contributed by atoms with Crippen LogP contribution in [0.4, 0.5) is 5.69 Å². The van der Waals surface area contributed by atoms with Crippen molar-refractivity contribution in [3.63, 3.8) is 0 Å². The van der Waals surface area contributed by atoms with Crippen LogP contribution in [0, 0.1) is 0 Å². The Balaban J connectivity index is 2.32. The number of nitrogens with one attached hydrogen (secondary N) is 1. The predicted molar refractivity (Wildman–Crippen MR) is 72.8 cm³/mol. The average molecular weight is 286 g/mol.